The van der Waals surface area contributed by atoms with Gasteiger partial charge in [-0.3, -0.25) is 0 Å². The monoisotopic (exact) mass is 491 g/mol. The average molecular weight is 490 g/mol. The minimum absolute atomic E-state index is 0. The van der Waals surface area contributed by atoms with Gasteiger partial charge in [0, 0.05) is 0 Å². The molecular formula is C17H22IN3OSe. The molecule has 0 radical (unpaired) electrons. The first kappa shape index (κ1) is 18.5. The van der Waals surface area contributed by atoms with Gasteiger partial charge in [0.15, 0.2) is 0 Å². The Morgan fingerprint density at radius 1 is 1.17 bits per heavy atom. The predicted molar refractivity (Wildman–Crippen MR) is 89.3 cm³/mol. The topological polar surface area (TPSA) is 30.8 Å². The summed E-state index contributed by atoms with van der Waals surface area (Å²) in [5, 5.41) is 0.904. The minimum Gasteiger partial charge on any atom is -1.00 e. The number of nitrogens with zero attached hydrogens (tertiary/aromatic N) is 3. The van der Waals surface area contributed by atoms with Crippen molar-refractivity contribution in [2.45, 2.75) is 45.8 Å². The van der Waals surface area contributed by atoms with Crippen LogP contribution in [0.5, 0.6) is 0 Å². The summed E-state index contributed by atoms with van der Waals surface area (Å²) in [6.45, 7) is 5.12. The molecule has 0 spiro atoms. The van der Waals surface area contributed by atoms with Crippen molar-refractivity contribution in [3.63, 3.8) is 0 Å². The van der Waals surface area contributed by atoms with Gasteiger partial charge in [-0.15, -0.1) is 0 Å². The van der Waals surface area contributed by atoms with Gasteiger partial charge in [-0.2, -0.15) is 0 Å². The van der Waals surface area contributed by atoms with Gasteiger partial charge >= 0.3 is 136 Å². The maximum Gasteiger partial charge on any atom is -1.00 e. The van der Waals surface area contributed by atoms with Crippen LogP contribution in [0.4, 0.5) is 0 Å². The summed E-state index contributed by atoms with van der Waals surface area (Å²) >= 11 is 0.158. The SMILES string of the molecule is CCCCn1cc[n+](CCCn2[se]c3ccccc3c2=O)c1.[I-]. The molecule has 0 aliphatic heterocycles. The molecule has 0 saturated heterocycles. The fourth-order valence-corrected chi connectivity index (χ4v) is 4.77. The van der Waals surface area contributed by atoms with E-state index in [1.165, 1.54) is 17.1 Å². The molecule has 0 aliphatic carbocycles. The smallest absolute Gasteiger partial charge is 1.00 e. The number of aromatic nitrogens is 3. The molecular weight excluding hydrogens is 468 g/mol. The van der Waals surface area contributed by atoms with Crippen molar-refractivity contribution in [3.8, 4) is 0 Å². The number of aryl methyl sites for hydroxylation is 3. The van der Waals surface area contributed by atoms with Crippen LogP contribution >= 0.6 is 0 Å². The van der Waals surface area contributed by atoms with Crippen LogP contribution < -0.4 is 34.1 Å². The average Bonchev–Trinajstić information content (AvgIpc) is 3.11. The molecule has 0 atom stereocenters. The van der Waals surface area contributed by atoms with E-state index in [9.17, 15) is 4.79 Å². The summed E-state index contributed by atoms with van der Waals surface area (Å²) in [7, 11) is 0. The van der Waals surface area contributed by atoms with Gasteiger partial charge in [0.25, 0.3) is 0 Å². The number of hydrogen-bond donors (Lipinski definition) is 0. The van der Waals surface area contributed by atoms with Crippen molar-refractivity contribution in [1.82, 2.24) is 8.13 Å². The van der Waals surface area contributed by atoms with Crippen molar-refractivity contribution in [2.75, 3.05) is 0 Å². The zero-order valence-corrected chi connectivity index (χ0v) is 17.2. The third-order valence-corrected chi connectivity index (χ3v) is 6.20. The Morgan fingerprint density at radius 2 is 2.00 bits per heavy atom. The molecule has 3 rings (SSSR count). The van der Waals surface area contributed by atoms with Crippen LogP contribution in [0.15, 0.2) is 47.8 Å². The van der Waals surface area contributed by atoms with Crippen molar-refractivity contribution in [1.29, 1.82) is 0 Å². The minimum atomic E-state index is 0. The van der Waals surface area contributed by atoms with Crippen LogP contribution in [-0.4, -0.2) is 22.9 Å². The maximum absolute atomic E-state index is 12.3. The molecule has 2 aromatic heterocycles. The van der Waals surface area contributed by atoms with Gasteiger partial charge in [-0.1, -0.05) is 0 Å². The van der Waals surface area contributed by atoms with Crippen molar-refractivity contribution >= 4 is 24.4 Å². The Bertz CT molecular complexity index is 805. The van der Waals surface area contributed by atoms with E-state index in [1.807, 2.05) is 21.8 Å². The van der Waals surface area contributed by atoms with Gasteiger partial charge < -0.3 is 24.0 Å². The molecule has 3 aromatic rings. The van der Waals surface area contributed by atoms with Crippen LogP contribution in [0.25, 0.3) is 9.65 Å². The molecule has 1 aromatic carbocycles. The molecule has 0 saturated carbocycles. The second-order valence-electron chi connectivity index (χ2n) is 5.59. The molecule has 124 valence electrons. The van der Waals surface area contributed by atoms with E-state index in [-0.39, 0.29) is 44.3 Å². The molecule has 0 bridgehead atoms. The second kappa shape index (κ2) is 8.85. The summed E-state index contributed by atoms with van der Waals surface area (Å²) in [5.74, 6) is 0. The van der Waals surface area contributed by atoms with E-state index < -0.39 is 0 Å². The fourth-order valence-electron chi connectivity index (χ4n) is 2.61. The molecule has 0 aliphatic rings. The van der Waals surface area contributed by atoms with E-state index >= 15 is 0 Å². The van der Waals surface area contributed by atoms with E-state index in [0.29, 0.717) is 0 Å². The van der Waals surface area contributed by atoms with Gasteiger partial charge in [-0.05, 0) is 0 Å². The van der Waals surface area contributed by atoms with Crippen molar-refractivity contribution < 1.29 is 28.5 Å². The Hall–Kier alpha value is -0.851. The Labute approximate surface area is 159 Å². The summed E-state index contributed by atoms with van der Waals surface area (Å²) in [6, 6.07) is 8.00. The molecule has 0 unspecified atom stereocenters. The first-order valence-corrected chi connectivity index (χ1v) is 9.54. The van der Waals surface area contributed by atoms with E-state index in [4.69, 9.17) is 0 Å². The Kier molecular flexibility index (Phi) is 7.11. The molecule has 0 N–H and O–H groups in total. The number of fused-ring (bicyclic) bond motifs is 1. The predicted octanol–water partition coefficient (Wildman–Crippen LogP) is -0.958. The molecule has 6 heteroatoms. The summed E-state index contributed by atoms with van der Waals surface area (Å²) < 4.78 is 7.70. The Morgan fingerprint density at radius 3 is 2.78 bits per heavy atom. The number of halogens is 1. The number of rotatable bonds is 7. The van der Waals surface area contributed by atoms with Gasteiger partial charge in [-0.25, -0.2) is 0 Å². The van der Waals surface area contributed by atoms with E-state index in [0.717, 1.165) is 31.4 Å². The zero-order chi connectivity index (χ0) is 15.4. The number of unbranched alkanes of at least 4 members (excludes halogenated alkanes) is 1. The van der Waals surface area contributed by atoms with Gasteiger partial charge in [0.1, 0.15) is 0 Å². The largest absolute Gasteiger partial charge is 1.00 e. The fraction of sp³-hybridized carbons (Fsp3) is 0.412. The maximum atomic E-state index is 12.3. The van der Waals surface area contributed by atoms with Crippen molar-refractivity contribution in [3.05, 3.63) is 53.3 Å². The molecule has 0 fully saturated rings. The van der Waals surface area contributed by atoms with Gasteiger partial charge in [0.05, 0.1) is 0 Å². The Balaban J connectivity index is 0.00000192. The number of imidazole rings is 1. The first-order chi connectivity index (χ1) is 10.8. The summed E-state index contributed by atoms with van der Waals surface area (Å²) in [6.07, 6.45) is 9.87. The van der Waals surface area contributed by atoms with E-state index in [1.54, 1.807) is 0 Å². The zero-order valence-electron chi connectivity index (χ0n) is 13.3. The summed E-state index contributed by atoms with van der Waals surface area (Å²) in [4.78, 5) is 12.3. The molecule has 0 amide bonds. The molecule has 2 heterocycles. The van der Waals surface area contributed by atoms with Gasteiger partial charge in [0.2, 0.25) is 0 Å². The van der Waals surface area contributed by atoms with Crippen LogP contribution in [0.1, 0.15) is 26.2 Å². The normalized spacial score (nSPS) is 10.8. The van der Waals surface area contributed by atoms with Crippen LogP contribution in [0.3, 0.4) is 0 Å². The van der Waals surface area contributed by atoms with Crippen LogP contribution in [0.2, 0.25) is 0 Å². The number of benzene rings is 1. The van der Waals surface area contributed by atoms with Crippen LogP contribution in [0, 0.1) is 0 Å². The third-order valence-electron chi connectivity index (χ3n) is 3.85. The quantitative estimate of drug-likeness (QED) is 0.239. The molecule has 4 nitrogen and oxygen atoms in total. The van der Waals surface area contributed by atoms with E-state index in [2.05, 4.69) is 40.8 Å². The van der Waals surface area contributed by atoms with Crippen molar-refractivity contribution in [2.24, 2.45) is 0 Å². The van der Waals surface area contributed by atoms with Crippen LogP contribution in [-0.2, 0) is 19.6 Å². The first-order valence-electron chi connectivity index (χ1n) is 7.91. The molecule has 23 heavy (non-hydrogen) atoms. The standard InChI is InChI=1S/C17H22N3OSe.HI/c1-2-3-9-18-12-13-19(14-18)10-6-11-20-17(21)15-7-4-5-8-16(15)22-20;/h4-5,7-8,12-14H,2-3,6,9-11H2,1H3;1H/q+1;/p-1. The summed E-state index contributed by atoms with van der Waals surface area (Å²) in [5.41, 5.74) is 0.209. The third kappa shape index (κ3) is 4.58. The number of hydrogen-bond acceptors (Lipinski definition) is 1. The second-order valence-corrected chi connectivity index (χ2v) is 7.82.